The molecule has 0 bridgehead atoms. The first kappa shape index (κ1) is 28.9. The number of rotatable bonds is 11. The number of ether oxygens (including phenoxy) is 1. The lowest BCUT2D eigenvalue weighted by Gasteiger charge is -2.25. The number of carbonyl (C=O) groups excluding carboxylic acids is 1. The monoisotopic (exact) mass is 581 g/mol. The van der Waals surface area contributed by atoms with Crippen LogP contribution in [-0.4, -0.2) is 52.4 Å². The highest BCUT2D eigenvalue weighted by atomic mass is 79.9. The number of carboxylic acid groups (broad SMARTS) is 1. The molecule has 4 rings (SSSR count). The van der Waals surface area contributed by atoms with Gasteiger partial charge in [0.05, 0.1) is 22.9 Å². The molecule has 2 atom stereocenters. The summed E-state index contributed by atoms with van der Waals surface area (Å²) in [6.45, 7) is 0.854. The van der Waals surface area contributed by atoms with E-state index in [4.69, 9.17) is 15.9 Å². The molecule has 0 unspecified atom stereocenters. The summed E-state index contributed by atoms with van der Waals surface area (Å²) in [7, 11) is 0. The number of likely N-dealkylation sites (tertiary alicyclic amines) is 1. The Bertz CT molecular complexity index is 1270. The predicted molar refractivity (Wildman–Crippen MR) is 150 cm³/mol. The average molecular weight is 582 g/mol. The third-order valence-corrected chi connectivity index (χ3v) is 7.27. The maximum atomic E-state index is 13.0. The lowest BCUT2D eigenvalue weighted by atomic mass is 10.0. The van der Waals surface area contributed by atoms with Gasteiger partial charge in [-0.05, 0) is 64.0 Å². The van der Waals surface area contributed by atoms with Crippen LogP contribution < -0.4 is 10.5 Å². The molecule has 0 radical (unpaired) electrons. The highest BCUT2D eigenvalue weighted by Gasteiger charge is 2.40. The van der Waals surface area contributed by atoms with E-state index in [9.17, 15) is 14.7 Å². The number of nitrogens with zero attached hydrogens (tertiary/aromatic N) is 1. The van der Waals surface area contributed by atoms with Gasteiger partial charge in [0.2, 0.25) is 5.91 Å². The van der Waals surface area contributed by atoms with E-state index in [2.05, 4.69) is 28.1 Å². The normalized spacial score (nSPS) is 16.7. The second kappa shape index (κ2) is 13.2. The van der Waals surface area contributed by atoms with Gasteiger partial charge in [-0.1, -0.05) is 60.7 Å². The van der Waals surface area contributed by atoms with Gasteiger partial charge in [-0.15, -0.1) is 0 Å². The van der Waals surface area contributed by atoms with Crippen molar-refractivity contribution in [2.24, 2.45) is 11.7 Å². The van der Waals surface area contributed by atoms with E-state index in [-0.39, 0.29) is 29.7 Å². The minimum absolute atomic E-state index is 0. The predicted octanol–water partition coefficient (Wildman–Crippen LogP) is 4.28. The molecule has 1 fully saturated rings. The zero-order valence-electron chi connectivity index (χ0n) is 20.9. The number of hydrogen-bond donors (Lipinski definition) is 3. The van der Waals surface area contributed by atoms with Crippen LogP contribution >= 0.6 is 15.9 Å². The minimum Gasteiger partial charge on any atom is -0.490 e. The fraction of sp³-hybridized carbons (Fsp3) is 0.276. The minimum atomic E-state index is -0.959. The van der Waals surface area contributed by atoms with E-state index in [1.807, 2.05) is 60.7 Å². The molecule has 0 aliphatic carbocycles. The third kappa shape index (κ3) is 7.20. The van der Waals surface area contributed by atoms with Crippen molar-refractivity contribution in [1.29, 1.82) is 5.41 Å². The van der Waals surface area contributed by atoms with Gasteiger partial charge in [0, 0.05) is 12.1 Å². The number of nitrogens with two attached hydrogens (primary N) is 1. The molecule has 1 aliphatic rings. The van der Waals surface area contributed by atoms with Crippen LogP contribution in [0.3, 0.4) is 0 Å². The van der Waals surface area contributed by atoms with Gasteiger partial charge in [0.25, 0.3) is 0 Å². The Balaban J connectivity index is 0.00000400. The van der Waals surface area contributed by atoms with E-state index in [0.29, 0.717) is 30.9 Å². The van der Waals surface area contributed by atoms with Crippen LogP contribution in [0.25, 0.3) is 11.1 Å². The highest BCUT2D eigenvalue weighted by Crippen LogP contribution is 2.33. The highest BCUT2D eigenvalue weighted by molar-refractivity contribution is 9.10. The number of aliphatic carboxylic acids is 1. The maximum Gasteiger partial charge on any atom is 0.304 e. The van der Waals surface area contributed by atoms with E-state index < -0.39 is 11.9 Å². The van der Waals surface area contributed by atoms with Crippen molar-refractivity contribution in [3.05, 3.63) is 88.4 Å². The number of amidine groups is 1. The van der Waals surface area contributed by atoms with Crippen molar-refractivity contribution >= 4 is 33.6 Å². The summed E-state index contributed by atoms with van der Waals surface area (Å²) in [4.78, 5) is 26.1. The summed E-state index contributed by atoms with van der Waals surface area (Å²) in [5.74, 6) is -0.901. The second-order valence-electron chi connectivity index (χ2n) is 9.25. The third-order valence-electron chi connectivity index (χ3n) is 6.65. The molecular formula is C29H32BrN3O5. The van der Waals surface area contributed by atoms with Crippen LogP contribution in [-0.2, 0) is 16.0 Å². The largest absolute Gasteiger partial charge is 0.490 e. The lowest BCUT2D eigenvalue weighted by Crippen LogP contribution is -2.38. The van der Waals surface area contributed by atoms with Crippen LogP contribution in [0.5, 0.6) is 5.75 Å². The Hall–Kier alpha value is -3.69. The first-order chi connectivity index (χ1) is 17.8. The van der Waals surface area contributed by atoms with Crippen molar-refractivity contribution in [2.75, 3.05) is 13.2 Å². The Morgan fingerprint density at radius 2 is 1.76 bits per heavy atom. The number of aryl methyl sites for hydroxylation is 1. The molecule has 3 aromatic rings. The van der Waals surface area contributed by atoms with E-state index in [1.54, 1.807) is 4.90 Å². The van der Waals surface area contributed by atoms with Crippen molar-refractivity contribution in [1.82, 2.24) is 4.90 Å². The number of hydrogen-bond acceptors (Lipinski definition) is 4. The van der Waals surface area contributed by atoms with Crippen LogP contribution in [0.4, 0.5) is 0 Å². The molecule has 8 nitrogen and oxygen atoms in total. The van der Waals surface area contributed by atoms with Crippen molar-refractivity contribution in [3.8, 4) is 16.9 Å². The maximum absolute atomic E-state index is 13.0. The summed E-state index contributed by atoms with van der Waals surface area (Å²) >= 11 is 3.59. The topological polar surface area (TPSA) is 148 Å². The molecular weight excluding hydrogens is 550 g/mol. The zero-order chi connectivity index (χ0) is 26.4. The number of nitrogens with one attached hydrogen (secondary N) is 1. The fourth-order valence-electron chi connectivity index (χ4n) is 4.73. The molecule has 6 N–H and O–H groups in total. The van der Waals surface area contributed by atoms with Crippen molar-refractivity contribution in [3.63, 3.8) is 0 Å². The first-order valence-corrected chi connectivity index (χ1v) is 13.0. The number of amides is 1. The molecule has 9 heteroatoms. The Labute approximate surface area is 230 Å². The van der Waals surface area contributed by atoms with Gasteiger partial charge >= 0.3 is 5.97 Å². The van der Waals surface area contributed by atoms with Crippen LogP contribution in [0.2, 0.25) is 0 Å². The molecule has 1 saturated heterocycles. The van der Waals surface area contributed by atoms with Crippen molar-refractivity contribution in [2.45, 2.75) is 31.7 Å². The van der Waals surface area contributed by atoms with Gasteiger partial charge in [0.15, 0.2) is 0 Å². The quantitative estimate of drug-likeness (QED) is 0.228. The second-order valence-corrected chi connectivity index (χ2v) is 10.1. The zero-order valence-corrected chi connectivity index (χ0v) is 22.5. The lowest BCUT2D eigenvalue weighted by molar-refractivity contribution is -0.142. The molecule has 0 aromatic heterocycles. The summed E-state index contributed by atoms with van der Waals surface area (Å²) in [5.41, 5.74) is 9.39. The van der Waals surface area contributed by atoms with Gasteiger partial charge in [0.1, 0.15) is 18.2 Å². The molecule has 200 valence electrons. The summed E-state index contributed by atoms with van der Waals surface area (Å²) < 4.78 is 6.91. The van der Waals surface area contributed by atoms with Gasteiger partial charge in [-0.2, -0.15) is 0 Å². The smallest absolute Gasteiger partial charge is 0.304 e. The Morgan fingerprint density at radius 3 is 2.39 bits per heavy atom. The van der Waals surface area contributed by atoms with E-state index >= 15 is 0 Å². The van der Waals surface area contributed by atoms with E-state index in [0.717, 1.165) is 28.4 Å². The molecule has 1 aliphatic heterocycles. The Morgan fingerprint density at radius 1 is 1.08 bits per heavy atom. The molecule has 3 aromatic carbocycles. The standard InChI is InChI=1S/C29H30BrN3O4.H2O/c30-25-16-22(20-8-10-21(11-9-20)28(31)32)12-13-26(25)37-18-24-15-23(17-27(34)35)29(36)33(24)14-4-7-19-5-2-1-3-6-19;/h1-3,5-6,8-13,16,23-24H,4,7,14-15,17-18H2,(H3,31,32)(H,34,35);1H2/t23-,24-;/m0./s1. The van der Waals surface area contributed by atoms with E-state index in [1.165, 1.54) is 5.56 Å². The van der Waals surface area contributed by atoms with Crippen LogP contribution in [0.1, 0.15) is 30.4 Å². The molecule has 0 saturated carbocycles. The average Bonchev–Trinajstić information content (AvgIpc) is 3.17. The van der Waals surface area contributed by atoms with Crippen molar-refractivity contribution < 1.29 is 24.9 Å². The first-order valence-electron chi connectivity index (χ1n) is 12.2. The number of benzene rings is 3. The summed E-state index contributed by atoms with van der Waals surface area (Å²) in [5, 5.41) is 16.8. The fourth-order valence-corrected chi connectivity index (χ4v) is 5.22. The summed E-state index contributed by atoms with van der Waals surface area (Å²) in [6.07, 6.45) is 1.95. The number of carbonyl (C=O) groups is 2. The molecule has 0 spiro atoms. The van der Waals surface area contributed by atoms with Gasteiger partial charge < -0.3 is 26.0 Å². The SMILES string of the molecule is N=C(N)c1ccc(-c2ccc(OC[C@@H]3C[C@@H](CC(=O)O)C(=O)N3CCCc3ccccc3)c(Br)c2)cc1.O. The number of carboxylic acids is 1. The van der Waals surface area contributed by atoms with Crippen LogP contribution in [0.15, 0.2) is 77.3 Å². The van der Waals surface area contributed by atoms with Crippen LogP contribution in [0, 0.1) is 11.3 Å². The Kier molecular flexibility index (Phi) is 10.0. The summed E-state index contributed by atoms with van der Waals surface area (Å²) in [6, 6.07) is 23.2. The molecule has 1 heterocycles. The number of halogens is 1. The molecule has 1 amide bonds. The van der Waals surface area contributed by atoms with Gasteiger partial charge in [-0.3, -0.25) is 15.0 Å². The number of nitrogen functional groups attached to an aromatic ring is 1. The molecule has 38 heavy (non-hydrogen) atoms. The van der Waals surface area contributed by atoms with Gasteiger partial charge in [-0.25, -0.2) is 0 Å².